The largest absolute Gasteiger partial charge is 0.484 e. The highest BCUT2D eigenvalue weighted by Gasteiger charge is 2.28. The number of hydrogen-bond donors (Lipinski definition) is 1. The monoisotopic (exact) mass is 461 g/mol. The zero-order valence-electron chi connectivity index (χ0n) is 19.2. The molecule has 3 heterocycles. The fourth-order valence-electron chi connectivity index (χ4n) is 5.03. The molecule has 8 nitrogen and oxygen atoms in total. The van der Waals surface area contributed by atoms with Gasteiger partial charge in [-0.2, -0.15) is 5.26 Å². The van der Waals surface area contributed by atoms with Crippen LogP contribution in [0.2, 0.25) is 0 Å². The Morgan fingerprint density at radius 3 is 2.91 bits per heavy atom. The number of fused-ring (bicyclic) bond motifs is 2. The van der Waals surface area contributed by atoms with Crippen LogP contribution in [-0.4, -0.2) is 29.8 Å². The van der Waals surface area contributed by atoms with Gasteiger partial charge in [0, 0.05) is 29.8 Å². The van der Waals surface area contributed by atoms with Gasteiger partial charge in [0.15, 0.2) is 6.61 Å². The molecule has 0 spiro atoms. The number of aromatic nitrogens is 1. The number of nitrogens with one attached hydrogen (secondary N) is 1. The van der Waals surface area contributed by atoms with Gasteiger partial charge in [-0.1, -0.05) is 0 Å². The number of anilines is 1. The number of aryl methyl sites for hydroxylation is 1. The molecule has 2 aromatic heterocycles. The van der Waals surface area contributed by atoms with Crippen LogP contribution >= 0.6 is 0 Å². The smallest absolute Gasteiger partial charge is 0.336 e. The van der Waals surface area contributed by atoms with Crippen molar-refractivity contribution < 1.29 is 18.7 Å². The third-order valence-corrected chi connectivity index (χ3v) is 6.65. The van der Waals surface area contributed by atoms with E-state index in [1.165, 1.54) is 6.07 Å². The van der Waals surface area contributed by atoms with Crippen molar-refractivity contribution in [1.29, 1.82) is 5.26 Å². The van der Waals surface area contributed by atoms with Crippen LogP contribution in [-0.2, 0) is 28.9 Å². The molecule has 2 aliphatic rings. The predicted molar refractivity (Wildman–Crippen MR) is 126 cm³/mol. The first-order valence-corrected chi connectivity index (χ1v) is 11.8. The standard InChI is InChI=1S/C26H27N3O5/c1-16-11-25(31)34-23-12-17(8-9-19(16)23)33-15-24(30)28-26-21(13-27)20-6-2-3-7-22(20)29(26)14-18-5-4-10-32-18/h8-9,11-12,18H,2-7,10,14-15H2,1H3,(H,28,30). The zero-order chi connectivity index (χ0) is 23.7. The normalized spacial score (nSPS) is 17.4. The quantitative estimate of drug-likeness (QED) is 0.559. The Balaban J connectivity index is 1.36. The van der Waals surface area contributed by atoms with E-state index in [9.17, 15) is 14.9 Å². The second-order valence-electron chi connectivity index (χ2n) is 8.96. The number of nitriles is 1. The van der Waals surface area contributed by atoms with Gasteiger partial charge in [-0.15, -0.1) is 0 Å². The second-order valence-corrected chi connectivity index (χ2v) is 8.96. The molecule has 1 atom stereocenters. The summed E-state index contributed by atoms with van der Waals surface area (Å²) >= 11 is 0. The van der Waals surface area contributed by atoms with Crippen LogP contribution in [0.5, 0.6) is 5.75 Å². The minimum Gasteiger partial charge on any atom is -0.484 e. The van der Waals surface area contributed by atoms with Crippen molar-refractivity contribution in [2.24, 2.45) is 0 Å². The molecule has 34 heavy (non-hydrogen) atoms. The van der Waals surface area contributed by atoms with E-state index in [-0.39, 0.29) is 18.6 Å². The summed E-state index contributed by atoms with van der Waals surface area (Å²) in [4.78, 5) is 24.5. The van der Waals surface area contributed by atoms with E-state index in [1.54, 1.807) is 18.2 Å². The molecule has 1 amide bonds. The maximum atomic E-state index is 12.9. The maximum Gasteiger partial charge on any atom is 0.336 e. The molecule has 0 bridgehead atoms. The molecule has 1 aliphatic heterocycles. The average Bonchev–Trinajstić information content (AvgIpc) is 3.44. The van der Waals surface area contributed by atoms with Gasteiger partial charge in [-0.25, -0.2) is 4.79 Å². The van der Waals surface area contributed by atoms with Crippen molar-refractivity contribution in [3.05, 3.63) is 57.1 Å². The third-order valence-electron chi connectivity index (χ3n) is 6.65. The minimum absolute atomic E-state index is 0.0904. The van der Waals surface area contributed by atoms with E-state index < -0.39 is 5.63 Å². The molecule has 8 heteroatoms. The van der Waals surface area contributed by atoms with Gasteiger partial charge in [0.05, 0.1) is 18.2 Å². The van der Waals surface area contributed by atoms with Gasteiger partial charge in [0.2, 0.25) is 0 Å². The summed E-state index contributed by atoms with van der Waals surface area (Å²) in [5, 5.41) is 13.6. The van der Waals surface area contributed by atoms with Crippen molar-refractivity contribution in [2.75, 3.05) is 18.5 Å². The first kappa shape index (κ1) is 22.2. The molecule has 1 N–H and O–H groups in total. The summed E-state index contributed by atoms with van der Waals surface area (Å²) in [5.41, 5.74) is 3.52. The Labute approximate surface area is 197 Å². The van der Waals surface area contributed by atoms with Crippen LogP contribution in [0.3, 0.4) is 0 Å². The molecule has 0 radical (unpaired) electrons. The van der Waals surface area contributed by atoms with Crippen molar-refractivity contribution in [2.45, 2.75) is 58.1 Å². The fourth-order valence-corrected chi connectivity index (χ4v) is 5.03. The van der Waals surface area contributed by atoms with Crippen LogP contribution < -0.4 is 15.7 Å². The van der Waals surface area contributed by atoms with Crippen LogP contribution in [0.15, 0.2) is 33.5 Å². The predicted octanol–water partition coefficient (Wildman–Crippen LogP) is 3.85. The first-order valence-electron chi connectivity index (χ1n) is 11.8. The van der Waals surface area contributed by atoms with Gasteiger partial charge < -0.3 is 23.8 Å². The van der Waals surface area contributed by atoms with E-state index in [0.717, 1.165) is 67.3 Å². The van der Waals surface area contributed by atoms with E-state index >= 15 is 0 Å². The highest BCUT2D eigenvalue weighted by Crippen LogP contribution is 2.34. The molecule has 1 saturated heterocycles. The minimum atomic E-state index is -0.431. The van der Waals surface area contributed by atoms with Gasteiger partial charge >= 0.3 is 5.63 Å². The number of ether oxygens (including phenoxy) is 2. The number of hydrogen-bond acceptors (Lipinski definition) is 6. The van der Waals surface area contributed by atoms with Gasteiger partial charge in [-0.3, -0.25) is 4.79 Å². The average molecular weight is 462 g/mol. The number of benzene rings is 1. The van der Waals surface area contributed by atoms with E-state index in [4.69, 9.17) is 13.9 Å². The molecular weight excluding hydrogens is 434 g/mol. The molecule has 176 valence electrons. The number of nitrogens with zero attached hydrogens (tertiary/aromatic N) is 2. The van der Waals surface area contributed by atoms with Crippen LogP contribution in [0, 0.1) is 18.3 Å². The summed E-state index contributed by atoms with van der Waals surface area (Å²) in [6, 6.07) is 8.91. The van der Waals surface area contributed by atoms with Crippen molar-refractivity contribution in [3.8, 4) is 11.8 Å². The summed E-state index contributed by atoms with van der Waals surface area (Å²) in [6.07, 6.45) is 5.94. The molecular formula is C26H27N3O5. The lowest BCUT2D eigenvalue weighted by Gasteiger charge is -2.20. The highest BCUT2D eigenvalue weighted by atomic mass is 16.5. The highest BCUT2D eigenvalue weighted by molar-refractivity contribution is 5.93. The van der Waals surface area contributed by atoms with Crippen LogP contribution in [0.4, 0.5) is 5.82 Å². The maximum absolute atomic E-state index is 12.9. The molecule has 3 aromatic rings. The lowest BCUT2D eigenvalue weighted by atomic mass is 9.95. The lowest BCUT2D eigenvalue weighted by Crippen LogP contribution is -2.25. The molecule has 1 aromatic carbocycles. The number of carbonyl (C=O) groups is 1. The van der Waals surface area contributed by atoms with Gasteiger partial charge in [-0.05, 0) is 68.7 Å². The summed E-state index contributed by atoms with van der Waals surface area (Å²) in [7, 11) is 0. The Morgan fingerprint density at radius 1 is 1.26 bits per heavy atom. The van der Waals surface area contributed by atoms with E-state index in [1.807, 2.05) is 6.92 Å². The fraction of sp³-hybridized carbons (Fsp3) is 0.423. The summed E-state index contributed by atoms with van der Waals surface area (Å²) in [6.45, 7) is 2.98. The zero-order valence-corrected chi connectivity index (χ0v) is 19.2. The van der Waals surface area contributed by atoms with Crippen molar-refractivity contribution in [1.82, 2.24) is 4.57 Å². The number of rotatable bonds is 6. The summed E-state index contributed by atoms with van der Waals surface area (Å²) in [5.74, 6) is 0.607. The summed E-state index contributed by atoms with van der Waals surface area (Å²) < 4.78 is 18.9. The molecule has 1 aliphatic carbocycles. The Hall–Kier alpha value is -3.57. The first-order chi connectivity index (χ1) is 16.5. The van der Waals surface area contributed by atoms with Crippen molar-refractivity contribution in [3.63, 3.8) is 0 Å². The third kappa shape index (κ3) is 4.31. The van der Waals surface area contributed by atoms with Crippen LogP contribution in [0.25, 0.3) is 11.0 Å². The molecule has 1 unspecified atom stereocenters. The second kappa shape index (κ2) is 9.35. The van der Waals surface area contributed by atoms with Gasteiger partial charge in [0.25, 0.3) is 5.91 Å². The molecule has 0 saturated carbocycles. The van der Waals surface area contributed by atoms with E-state index in [0.29, 0.717) is 29.3 Å². The van der Waals surface area contributed by atoms with Gasteiger partial charge in [0.1, 0.15) is 23.2 Å². The number of amides is 1. The Morgan fingerprint density at radius 2 is 2.12 bits per heavy atom. The Kier molecular flexibility index (Phi) is 6.12. The van der Waals surface area contributed by atoms with Crippen molar-refractivity contribution >= 4 is 22.7 Å². The topological polar surface area (TPSA) is 106 Å². The lowest BCUT2D eigenvalue weighted by molar-refractivity contribution is -0.118. The SMILES string of the molecule is Cc1cc(=O)oc2cc(OCC(=O)Nc3c(C#N)c4c(n3CC3CCCO3)CCCC4)ccc12. The molecule has 1 fully saturated rings. The number of carbonyl (C=O) groups excluding carboxylic acids is 1. The Bertz CT molecular complexity index is 1340. The van der Waals surface area contributed by atoms with Crippen LogP contribution in [0.1, 0.15) is 48.1 Å². The van der Waals surface area contributed by atoms with E-state index in [2.05, 4.69) is 16.0 Å². The molecule has 5 rings (SSSR count).